The van der Waals surface area contributed by atoms with Crippen molar-refractivity contribution in [3.63, 3.8) is 0 Å². The van der Waals surface area contributed by atoms with Crippen LogP contribution in [0.4, 0.5) is 0 Å². The van der Waals surface area contributed by atoms with Crippen LogP contribution in [0.25, 0.3) is 0 Å². The first kappa shape index (κ1) is 9.12. The van der Waals surface area contributed by atoms with Gasteiger partial charge in [0.1, 0.15) is 5.92 Å². The van der Waals surface area contributed by atoms with Crippen LogP contribution in [-0.2, 0) is 4.79 Å². The fraction of sp³-hybridized carbons (Fsp3) is 0.700. The van der Waals surface area contributed by atoms with E-state index in [1.807, 2.05) is 0 Å². The summed E-state index contributed by atoms with van der Waals surface area (Å²) in [5.74, 6) is 1.22. The molecule has 0 aromatic heterocycles. The Hall–Kier alpha value is -0.970. The Morgan fingerprint density at radius 3 is 2.42 bits per heavy atom. The first-order valence-electron chi connectivity index (χ1n) is 4.44. The highest BCUT2D eigenvalue weighted by Gasteiger charge is 2.27. The molecule has 0 amide bonds. The molecule has 0 bridgehead atoms. The van der Waals surface area contributed by atoms with Crippen LogP contribution in [0, 0.1) is 24.2 Å². The molecule has 0 aromatic carbocycles. The fourth-order valence-electron chi connectivity index (χ4n) is 1.88. The minimum Gasteiger partial charge on any atom is -0.480 e. The van der Waals surface area contributed by atoms with Gasteiger partial charge in [0.15, 0.2) is 0 Å². The monoisotopic (exact) mass is 166 g/mol. The zero-order chi connectivity index (χ0) is 8.97. The Morgan fingerprint density at radius 2 is 2.00 bits per heavy atom. The highest BCUT2D eigenvalue weighted by atomic mass is 16.4. The number of hydrogen-bond donors (Lipinski definition) is 1. The second-order valence-electron chi connectivity index (χ2n) is 3.38. The highest BCUT2D eigenvalue weighted by molar-refractivity contribution is 5.73. The Kier molecular flexibility index (Phi) is 3.16. The van der Waals surface area contributed by atoms with Gasteiger partial charge in [-0.25, -0.2) is 0 Å². The maximum absolute atomic E-state index is 10.7. The Bertz CT molecular complexity index is 196. The van der Waals surface area contributed by atoms with Gasteiger partial charge in [-0.15, -0.1) is 6.42 Å². The molecule has 0 radical (unpaired) electrons. The topological polar surface area (TPSA) is 37.3 Å². The molecule has 12 heavy (non-hydrogen) atoms. The number of terminal acetylenes is 1. The largest absolute Gasteiger partial charge is 0.480 e. The van der Waals surface area contributed by atoms with E-state index in [0.717, 1.165) is 25.7 Å². The van der Waals surface area contributed by atoms with E-state index in [0.29, 0.717) is 0 Å². The van der Waals surface area contributed by atoms with Crippen molar-refractivity contribution in [1.29, 1.82) is 0 Å². The number of carbonyl (C=O) groups is 1. The lowest BCUT2D eigenvalue weighted by molar-refractivity contribution is -0.141. The molecule has 1 N–H and O–H groups in total. The summed E-state index contributed by atoms with van der Waals surface area (Å²) in [6.45, 7) is 0. The number of aliphatic carboxylic acids is 1. The predicted molar refractivity (Wildman–Crippen MR) is 46.5 cm³/mol. The van der Waals surface area contributed by atoms with E-state index in [1.165, 1.54) is 6.42 Å². The molecule has 66 valence electrons. The van der Waals surface area contributed by atoms with E-state index < -0.39 is 11.9 Å². The smallest absolute Gasteiger partial charge is 0.318 e. The predicted octanol–water partition coefficient (Wildman–Crippen LogP) is 1.90. The first-order valence-corrected chi connectivity index (χ1v) is 4.44. The van der Waals surface area contributed by atoms with Gasteiger partial charge in [-0.2, -0.15) is 0 Å². The van der Waals surface area contributed by atoms with Crippen molar-refractivity contribution in [3.8, 4) is 12.3 Å². The van der Waals surface area contributed by atoms with Crippen molar-refractivity contribution in [2.45, 2.75) is 32.1 Å². The van der Waals surface area contributed by atoms with Gasteiger partial charge < -0.3 is 5.11 Å². The minimum absolute atomic E-state index is 0.223. The van der Waals surface area contributed by atoms with Crippen molar-refractivity contribution in [2.24, 2.45) is 11.8 Å². The molecule has 1 aliphatic rings. The lowest BCUT2D eigenvalue weighted by atomic mass is 9.80. The number of hydrogen-bond acceptors (Lipinski definition) is 1. The summed E-state index contributed by atoms with van der Waals surface area (Å²) in [6, 6.07) is 0. The van der Waals surface area contributed by atoms with Crippen LogP contribution in [0.5, 0.6) is 0 Å². The molecule has 0 aromatic rings. The zero-order valence-electron chi connectivity index (χ0n) is 7.12. The molecule has 2 heteroatoms. The molecule has 0 aliphatic heterocycles. The average molecular weight is 166 g/mol. The first-order chi connectivity index (χ1) is 5.75. The van der Waals surface area contributed by atoms with Gasteiger partial charge in [-0.3, -0.25) is 4.79 Å². The number of carboxylic acid groups (broad SMARTS) is 1. The average Bonchev–Trinajstić information content (AvgIpc) is 2.07. The van der Waals surface area contributed by atoms with Crippen LogP contribution in [0.2, 0.25) is 0 Å². The van der Waals surface area contributed by atoms with Crippen molar-refractivity contribution in [1.82, 2.24) is 0 Å². The normalized spacial score (nSPS) is 21.2. The summed E-state index contributed by atoms with van der Waals surface area (Å²) < 4.78 is 0. The quantitative estimate of drug-likeness (QED) is 0.636. The van der Waals surface area contributed by atoms with Crippen LogP contribution >= 0.6 is 0 Å². The van der Waals surface area contributed by atoms with E-state index in [2.05, 4.69) is 5.92 Å². The summed E-state index contributed by atoms with van der Waals surface area (Å²) in [5.41, 5.74) is 0. The fourth-order valence-corrected chi connectivity index (χ4v) is 1.88. The van der Waals surface area contributed by atoms with E-state index >= 15 is 0 Å². The molecule has 1 fully saturated rings. The zero-order valence-corrected chi connectivity index (χ0v) is 7.12. The Morgan fingerprint density at radius 1 is 1.42 bits per heavy atom. The molecule has 0 heterocycles. The standard InChI is InChI=1S/C10H14O2/c1-2-9(10(11)12)8-6-4-3-5-7-8/h1,8-9H,3-7H2,(H,11,12)/t9-/m0/s1. The molecule has 1 saturated carbocycles. The third kappa shape index (κ3) is 2.01. The van der Waals surface area contributed by atoms with E-state index in [-0.39, 0.29) is 5.92 Å². The van der Waals surface area contributed by atoms with Crippen LogP contribution in [-0.4, -0.2) is 11.1 Å². The SMILES string of the molecule is C#C[C@H](C(=O)O)C1CCCCC1. The summed E-state index contributed by atoms with van der Waals surface area (Å²) >= 11 is 0. The van der Waals surface area contributed by atoms with E-state index in [1.54, 1.807) is 0 Å². The van der Waals surface area contributed by atoms with Crippen molar-refractivity contribution < 1.29 is 9.90 Å². The van der Waals surface area contributed by atoms with Crippen molar-refractivity contribution in [3.05, 3.63) is 0 Å². The molecule has 0 spiro atoms. The second-order valence-corrected chi connectivity index (χ2v) is 3.38. The van der Waals surface area contributed by atoms with Crippen LogP contribution in [0.3, 0.4) is 0 Å². The maximum atomic E-state index is 10.7. The highest BCUT2D eigenvalue weighted by Crippen LogP contribution is 2.29. The molecular formula is C10H14O2. The molecule has 2 nitrogen and oxygen atoms in total. The maximum Gasteiger partial charge on any atom is 0.318 e. The number of carboxylic acids is 1. The summed E-state index contributed by atoms with van der Waals surface area (Å²) in [6.07, 6.45) is 10.6. The van der Waals surface area contributed by atoms with Crippen LogP contribution in [0.1, 0.15) is 32.1 Å². The molecule has 0 saturated heterocycles. The van der Waals surface area contributed by atoms with Gasteiger partial charge in [-0.1, -0.05) is 25.2 Å². The lowest BCUT2D eigenvalue weighted by Crippen LogP contribution is -2.23. The van der Waals surface area contributed by atoms with Gasteiger partial charge in [0.05, 0.1) is 0 Å². The molecule has 1 atom stereocenters. The van der Waals surface area contributed by atoms with Gasteiger partial charge in [0.2, 0.25) is 0 Å². The van der Waals surface area contributed by atoms with E-state index in [9.17, 15) is 4.79 Å². The van der Waals surface area contributed by atoms with Gasteiger partial charge in [0, 0.05) is 0 Å². The number of rotatable bonds is 2. The second kappa shape index (κ2) is 4.15. The van der Waals surface area contributed by atoms with Crippen molar-refractivity contribution in [2.75, 3.05) is 0 Å². The van der Waals surface area contributed by atoms with Crippen LogP contribution in [0.15, 0.2) is 0 Å². The molecule has 1 aliphatic carbocycles. The lowest BCUT2D eigenvalue weighted by Gasteiger charge is -2.23. The third-order valence-corrected chi connectivity index (χ3v) is 2.57. The van der Waals surface area contributed by atoms with Crippen LogP contribution < -0.4 is 0 Å². The van der Waals surface area contributed by atoms with E-state index in [4.69, 9.17) is 11.5 Å². The van der Waals surface area contributed by atoms with Gasteiger partial charge in [-0.05, 0) is 18.8 Å². The third-order valence-electron chi connectivity index (χ3n) is 2.57. The summed E-state index contributed by atoms with van der Waals surface area (Å²) in [4.78, 5) is 10.7. The molecular weight excluding hydrogens is 152 g/mol. The van der Waals surface area contributed by atoms with Crippen molar-refractivity contribution >= 4 is 5.97 Å². The molecule has 0 unspecified atom stereocenters. The van der Waals surface area contributed by atoms with Gasteiger partial charge >= 0.3 is 5.97 Å². The Labute approximate surface area is 73.0 Å². The van der Waals surface area contributed by atoms with Gasteiger partial charge in [0.25, 0.3) is 0 Å². The summed E-state index contributed by atoms with van der Waals surface area (Å²) in [7, 11) is 0. The summed E-state index contributed by atoms with van der Waals surface area (Å²) in [5, 5.41) is 8.78. The molecule has 1 rings (SSSR count). The Balaban J connectivity index is 2.53. The minimum atomic E-state index is -0.829.